The number of rotatable bonds is 5. The highest BCUT2D eigenvalue weighted by molar-refractivity contribution is 5.56. The Morgan fingerprint density at radius 1 is 1.21 bits per heavy atom. The maximum absolute atomic E-state index is 5.96. The number of nitrogens with zero attached hydrogens (tertiary/aromatic N) is 1. The lowest BCUT2D eigenvalue weighted by Gasteiger charge is -2.41. The van der Waals surface area contributed by atoms with Crippen LogP contribution in [-0.4, -0.2) is 12.6 Å². The minimum atomic E-state index is 0.709. The standard InChI is InChI=1S/C17H28N2/c1-3-12-19(16-10-7-9-15(18)13-16)17-11-6-5-8-14(17)4-2/h7,9-10,13-14,17H,3-6,8,11-12,18H2,1-2H3. The van der Waals surface area contributed by atoms with Gasteiger partial charge in [-0.05, 0) is 43.4 Å². The van der Waals surface area contributed by atoms with Gasteiger partial charge < -0.3 is 10.6 Å². The van der Waals surface area contributed by atoms with Crippen LogP contribution in [0.4, 0.5) is 11.4 Å². The van der Waals surface area contributed by atoms with E-state index in [9.17, 15) is 0 Å². The zero-order valence-corrected chi connectivity index (χ0v) is 12.4. The van der Waals surface area contributed by atoms with Gasteiger partial charge in [0.15, 0.2) is 0 Å². The molecule has 2 rings (SSSR count). The highest BCUT2D eigenvalue weighted by Gasteiger charge is 2.28. The third-order valence-electron chi connectivity index (χ3n) is 4.46. The van der Waals surface area contributed by atoms with E-state index in [-0.39, 0.29) is 0 Å². The molecular weight excluding hydrogens is 232 g/mol. The second-order valence-corrected chi connectivity index (χ2v) is 5.81. The average molecular weight is 260 g/mol. The predicted molar refractivity (Wildman–Crippen MR) is 84.5 cm³/mol. The number of nitrogen functional groups attached to an aromatic ring is 1. The Labute approximate surface area is 118 Å². The second-order valence-electron chi connectivity index (χ2n) is 5.81. The van der Waals surface area contributed by atoms with Crippen molar-refractivity contribution >= 4 is 11.4 Å². The summed E-state index contributed by atoms with van der Waals surface area (Å²) in [5.41, 5.74) is 8.15. The predicted octanol–water partition coefficient (Wildman–Crippen LogP) is 4.45. The van der Waals surface area contributed by atoms with Gasteiger partial charge in [0.05, 0.1) is 0 Å². The van der Waals surface area contributed by atoms with E-state index in [0.29, 0.717) is 6.04 Å². The lowest BCUT2D eigenvalue weighted by Crippen LogP contribution is -2.43. The highest BCUT2D eigenvalue weighted by Crippen LogP contribution is 2.34. The van der Waals surface area contributed by atoms with Gasteiger partial charge in [-0.15, -0.1) is 0 Å². The molecule has 2 nitrogen and oxygen atoms in total. The molecule has 106 valence electrons. The van der Waals surface area contributed by atoms with Crippen molar-refractivity contribution < 1.29 is 0 Å². The van der Waals surface area contributed by atoms with E-state index < -0.39 is 0 Å². The molecule has 0 aromatic heterocycles. The molecule has 2 heteroatoms. The fourth-order valence-corrected chi connectivity index (χ4v) is 3.51. The Balaban J connectivity index is 2.23. The average Bonchev–Trinajstić information content (AvgIpc) is 2.45. The molecule has 0 spiro atoms. The van der Waals surface area contributed by atoms with Crippen LogP contribution < -0.4 is 10.6 Å². The first-order valence-electron chi connectivity index (χ1n) is 7.88. The summed E-state index contributed by atoms with van der Waals surface area (Å²) in [5.74, 6) is 0.849. The van der Waals surface area contributed by atoms with E-state index in [1.807, 2.05) is 6.07 Å². The lowest BCUT2D eigenvalue weighted by atomic mass is 9.81. The summed E-state index contributed by atoms with van der Waals surface area (Å²) in [4.78, 5) is 2.61. The molecule has 1 aliphatic carbocycles. The van der Waals surface area contributed by atoms with Crippen molar-refractivity contribution in [1.29, 1.82) is 0 Å². The summed E-state index contributed by atoms with van der Waals surface area (Å²) in [7, 11) is 0. The molecule has 19 heavy (non-hydrogen) atoms. The van der Waals surface area contributed by atoms with Gasteiger partial charge in [-0.1, -0.05) is 39.2 Å². The van der Waals surface area contributed by atoms with Crippen LogP contribution in [0.15, 0.2) is 24.3 Å². The van der Waals surface area contributed by atoms with E-state index >= 15 is 0 Å². The van der Waals surface area contributed by atoms with Gasteiger partial charge in [0, 0.05) is 24.0 Å². The van der Waals surface area contributed by atoms with Crippen molar-refractivity contribution in [2.45, 2.75) is 58.4 Å². The van der Waals surface area contributed by atoms with Gasteiger partial charge in [0.2, 0.25) is 0 Å². The summed E-state index contributed by atoms with van der Waals surface area (Å²) >= 11 is 0. The van der Waals surface area contributed by atoms with Gasteiger partial charge in [-0.25, -0.2) is 0 Å². The Morgan fingerprint density at radius 2 is 2.00 bits per heavy atom. The van der Waals surface area contributed by atoms with Gasteiger partial charge >= 0.3 is 0 Å². The largest absolute Gasteiger partial charge is 0.399 e. The summed E-state index contributed by atoms with van der Waals surface area (Å²) in [6.45, 7) is 5.75. The van der Waals surface area contributed by atoms with Crippen LogP contribution in [0, 0.1) is 5.92 Å². The summed E-state index contributed by atoms with van der Waals surface area (Å²) < 4.78 is 0. The van der Waals surface area contributed by atoms with E-state index in [2.05, 4.69) is 36.9 Å². The fraction of sp³-hybridized carbons (Fsp3) is 0.647. The third-order valence-corrected chi connectivity index (χ3v) is 4.46. The number of nitrogens with two attached hydrogens (primary N) is 1. The summed E-state index contributed by atoms with van der Waals surface area (Å²) in [6.07, 6.45) is 8.02. The van der Waals surface area contributed by atoms with Crippen LogP contribution >= 0.6 is 0 Å². The monoisotopic (exact) mass is 260 g/mol. The van der Waals surface area contributed by atoms with E-state index in [4.69, 9.17) is 5.73 Å². The normalized spacial score (nSPS) is 23.3. The molecule has 0 aliphatic heterocycles. The highest BCUT2D eigenvalue weighted by atomic mass is 15.2. The molecule has 1 aromatic carbocycles. The van der Waals surface area contributed by atoms with Gasteiger partial charge in [0.1, 0.15) is 0 Å². The van der Waals surface area contributed by atoms with Crippen LogP contribution in [0.1, 0.15) is 52.4 Å². The molecule has 0 saturated heterocycles. The third kappa shape index (κ3) is 3.43. The molecule has 1 saturated carbocycles. The molecule has 2 atom stereocenters. The van der Waals surface area contributed by atoms with Gasteiger partial charge in [0.25, 0.3) is 0 Å². The molecule has 0 heterocycles. The second kappa shape index (κ2) is 6.83. The van der Waals surface area contributed by atoms with Crippen LogP contribution in [0.5, 0.6) is 0 Å². The van der Waals surface area contributed by atoms with Crippen molar-refractivity contribution in [3.8, 4) is 0 Å². The van der Waals surface area contributed by atoms with Crippen LogP contribution in [0.3, 0.4) is 0 Å². The molecule has 0 bridgehead atoms. The first-order valence-corrected chi connectivity index (χ1v) is 7.88. The minimum Gasteiger partial charge on any atom is -0.399 e. The molecule has 2 N–H and O–H groups in total. The quantitative estimate of drug-likeness (QED) is 0.792. The fourth-order valence-electron chi connectivity index (χ4n) is 3.51. The van der Waals surface area contributed by atoms with Crippen LogP contribution in [-0.2, 0) is 0 Å². The van der Waals surface area contributed by atoms with E-state index in [0.717, 1.165) is 18.2 Å². The van der Waals surface area contributed by atoms with E-state index in [1.54, 1.807) is 0 Å². The zero-order valence-electron chi connectivity index (χ0n) is 12.4. The minimum absolute atomic E-state index is 0.709. The first-order chi connectivity index (χ1) is 9.26. The van der Waals surface area contributed by atoms with Crippen molar-refractivity contribution in [2.24, 2.45) is 5.92 Å². The zero-order chi connectivity index (χ0) is 13.7. The number of hydrogen-bond donors (Lipinski definition) is 1. The Morgan fingerprint density at radius 3 is 2.68 bits per heavy atom. The molecule has 1 aliphatic rings. The topological polar surface area (TPSA) is 29.3 Å². The van der Waals surface area contributed by atoms with Gasteiger partial charge in [-0.3, -0.25) is 0 Å². The maximum Gasteiger partial charge on any atom is 0.0389 e. The Kier molecular flexibility index (Phi) is 5.12. The van der Waals surface area contributed by atoms with Crippen molar-refractivity contribution in [2.75, 3.05) is 17.2 Å². The van der Waals surface area contributed by atoms with Crippen molar-refractivity contribution in [3.05, 3.63) is 24.3 Å². The molecule has 2 unspecified atom stereocenters. The first kappa shape index (κ1) is 14.2. The number of benzene rings is 1. The number of anilines is 2. The SMILES string of the molecule is CCCN(c1cccc(N)c1)C1CCCCC1CC. The van der Waals surface area contributed by atoms with Crippen LogP contribution in [0.2, 0.25) is 0 Å². The maximum atomic E-state index is 5.96. The van der Waals surface area contributed by atoms with E-state index in [1.165, 1.54) is 44.2 Å². The van der Waals surface area contributed by atoms with Crippen LogP contribution in [0.25, 0.3) is 0 Å². The molecule has 0 amide bonds. The lowest BCUT2D eigenvalue weighted by molar-refractivity contribution is 0.285. The van der Waals surface area contributed by atoms with Crippen molar-refractivity contribution in [3.63, 3.8) is 0 Å². The molecule has 1 aromatic rings. The van der Waals surface area contributed by atoms with Gasteiger partial charge in [-0.2, -0.15) is 0 Å². The Bertz CT molecular complexity index is 389. The van der Waals surface area contributed by atoms with Crippen molar-refractivity contribution in [1.82, 2.24) is 0 Å². The molecule has 1 fully saturated rings. The Hall–Kier alpha value is -1.18. The summed E-state index contributed by atoms with van der Waals surface area (Å²) in [5, 5.41) is 0. The molecule has 0 radical (unpaired) electrons. The molecular formula is C17H28N2. The summed E-state index contributed by atoms with van der Waals surface area (Å²) in [6, 6.07) is 9.12. The smallest absolute Gasteiger partial charge is 0.0389 e. The number of hydrogen-bond acceptors (Lipinski definition) is 2.